The van der Waals surface area contributed by atoms with Gasteiger partial charge in [0.15, 0.2) is 0 Å². The third-order valence-electron chi connectivity index (χ3n) is 3.53. The van der Waals surface area contributed by atoms with Gasteiger partial charge in [-0.1, -0.05) is 0 Å². The Morgan fingerprint density at radius 2 is 2.21 bits per heavy atom. The highest BCUT2D eigenvalue weighted by molar-refractivity contribution is 7.89. The minimum Gasteiger partial charge on any atom is -0.477 e. The molecule has 2 rings (SSSR count). The maximum absolute atomic E-state index is 12.5. The van der Waals surface area contributed by atoms with Crippen molar-refractivity contribution in [3.05, 3.63) is 18.0 Å². The van der Waals surface area contributed by atoms with E-state index in [2.05, 4.69) is 0 Å². The molecule has 19 heavy (non-hydrogen) atoms. The second-order valence-corrected chi connectivity index (χ2v) is 6.65. The first kappa shape index (κ1) is 14.1. The summed E-state index contributed by atoms with van der Waals surface area (Å²) in [6.45, 7) is 4.58. The number of rotatable bonds is 4. The molecule has 0 aliphatic carbocycles. The summed E-state index contributed by atoms with van der Waals surface area (Å²) >= 11 is 0. The summed E-state index contributed by atoms with van der Waals surface area (Å²) in [7, 11) is -3.58. The number of hydrogen-bond donors (Lipinski definition) is 1. The van der Waals surface area contributed by atoms with Gasteiger partial charge in [0.1, 0.15) is 10.6 Å². The Morgan fingerprint density at radius 3 is 2.63 bits per heavy atom. The first-order chi connectivity index (χ1) is 8.87. The minimum atomic E-state index is -3.58. The number of carbonyl (C=O) groups is 1. The van der Waals surface area contributed by atoms with E-state index in [1.807, 2.05) is 6.92 Å². The largest absolute Gasteiger partial charge is 0.477 e. The molecule has 106 valence electrons. The maximum atomic E-state index is 12.5. The van der Waals surface area contributed by atoms with Crippen molar-refractivity contribution < 1.29 is 18.3 Å². The zero-order chi connectivity index (χ0) is 14.2. The van der Waals surface area contributed by atoms with Crippen LogP contribution in [0.4, 0.5) is 0 Å². The highest BCUT2D eigenvalue weighted by Gasteiger charge is 2.34. The van der Waals surface area contributed by atoms with Crippen LogP contribution >= 0.6 is 0 Å². The Labute approximate surface area is 112 Å². The lowest BCUT2D eigenvalue weighted by atomic mass is 10.3. The number of carboxylic acids is 1. The standard InChI is InChI=1S/C12H18N2O4S/c1-3-13-8-10(7-11(13)12(15)16)19(17,18)14-6-4-5-9(14)2/h7-9H,3-6H2,1-2H3,(H,15,16). The summed E-state index contributed by atoms with van der Waals surface area (Å²) in [5.41, 5.74) is 0.00734. The van der Waals surface area contributed by atoms with E-state index >= 15 is 0 Å². The van der Waals surface area contributed by atoms with Crippen LogP contribution in [0.2, 0.25) is 0 Å². The number of nitrogens with zero attached hydrogens (tertiary/aromatic N) is 2. The lowest BCUT2D eigenvalue weighted by Gasteiger charge is -2.19. The predicted molar refractivity (Wildman–Crippen MR) is 69.7 cm³/mol. The van der Waals surface area contributed by atoms with Crippen molar-refractivity contribution >= 4 is 16.0 Å². The van der Waals surface area contributed by atoms with Crippen LogP contribution in [0, 0.1) is 0 Å². The Hall–Kier alpha value is -1.34. The minimum absolute atomic E-state index is 0.00734. The molecule has 0 aromatic carbocycles. The van der Waals surface area contributed by atoms with Crippen molar-refractivity contribution in [2.45, 2.75) is 44.2 Å². The van der Waals surface area contributed by atoms with Crippen LogP contribution in [0.25, 0.3) is 0 Å². The molecule has 2 heterocycles. The predicted octanol–water partition coefficient (Wildman–Crippen LogP) is 1.38. The van der Waals surface area contributed by atoms with E-state index in [1.165, 1.54) is 21.1 Å². The van der Waals surface area contributed by atoms with Crippen LogP contribution in [0.5, 0.6) is 0 Å². The van der Waals surface area contributed by atoms with Crippen LogP contribution in [0.1, 0.15) is 37.2 Å². The average molecular weight is 286 g/mol. The van der Waals surface area contributed by atoms with Gasteiger partial charge in [-0.3, -0.25) is 0 Å². The van der Waals surface area contributed by atoms with Gasteiger partial charge < -0.3 is 9.67 Å². The van der Waals surface area contributed by atoms with Gasteiger partial charge in [0.05, 0.1) is 0 Å². The topological polar surface area (TPSA) is 79.6 Å². The van der Waals surface area contributed by atoms with E-state index in [0.29, 0.717) is 13.1 Å². The number of carboxylic acid groups (broad SMARTS) is 1. The maximum Gasteiger partial charge on any atom is 0.352 e. The SMILES string of the molecule is CCn1cc(S(=O)(=O)N2CCCC2C)cc1C(=O)O. The van der Waals surface area contributed by atoms with Crippen LogP contribution in [-0.4, -0.2) is 41.0 Å². The average Bonchev–Trinajstić information content (AvgIpc) is 2.94. The van der Waals surface area contributed by atoms with Gasteiger partial charge in [-0.25, -0.2) is 13.2 Å². The first-order valence-electron chi connectivity index (χ1n) is 6.33. The molecular weight excluding hydrogens is 268 g/mol. The summed E-state index contributed by atoms with van der Waals surface area (Å²) in [6, 6.07) is 1.22. The van der Waals surface area contributed by atoms with Crippen molar-refractivity contribution in [1.29, 1.82) is 0 Å². The molecule has 1 N–H and O–H groups in total. The Bertz CT molecular complexity index is 591. The highest BCUT2D eigenvalue weighted by atomic mass is 32.2. The van der Waals surface area contributed by atoms with E-state index in [0.717, 1.165) is 12.8 Å². The fourth-order valence-electron chi connectivity index (χ4n) is 2.46. The number of aromatic nitrogens is 1. The van der Waals surface area contributed by atoms with Crippen molar-refractivity contribution in [2.24, 2.45) is 0 Å². The van der Waals surface area contributed by atoms with Gasteiger partial charge in [-0.05, 0) is 32.8 Å². The lowest BCUT2D eigenvalue weighted by molar-refractivity contribution is 0.0685. The van der Waals surface area contributed by atoms with Gasteiger partial charge in [0.25, 0.3) is 0 Å². The van der Waals surface area contributed by atoms with Crippen molar-refractivity contribution in [3.8, 4) is 0 Å². The van der Waals surface area contributed by atoms with Gasteiger partial charge >= 0.3 is 5.97 Å². The monoisotopic (exact) mass is 286 g/mol. The fraction of sp³-hybridized carbons (Fsp3) is 0.583. The molecule has 0 amide bonds. The quantitative estimate of drug-likeness (QED) is 0.906. The van der Waals surface area contributed by atoms with E-state index < -0.39 is 16.0 Å². The summed E-state index contributed by atoms with van der Waals surface area (Å²) < 4.78 is 27.8. The Morgan fingerprint density at radius 1 is 1.53 bits per heavy atom. The molecule has 1 fully saturated rings. The molecule has 6 nitrogen and oxygen atoms in total. The normalized spacial score (nSPS) is 20.8. The van der Waals surface area contributed by atoms with Gasteiger partial charge in [-0.2, -0.15) is 4.31 Å². The summed E-state index contributed by atoms with van der Waals surface area (Å²) in [5, 5.41) is 9.06. The van der Waals surface area contributed by atoms with Crippen LogP contribution < -0.4 is 0 Å². The molecule has 1 saturated heterocycles. The third-order valence-corrected chi connectivity index (χ3v) is 5.51. The number of aromatic carboxylic acids is 1. The molecule has 0 spiro atoms. The van der Waals surface area contributed by atoms with E-state index in [4.69, 9.17) is 5.11 Å². The van der Waals surface area contributed by atoms with E-state index in [-0.39, 0.29) is 16.6 Å². The van der Waals surface area contributed by atoms with E-state index in [1.54, 1.807) is 6.92 Å². The molecule has 1 aliphatic heterocycles. The zero-order valence-corrected chi connectivity index (χ0v) is 11.9. The Balaban J connectivity index is 2.44. The van der Waals surface area contributed by atoms with Gasteiger partial charge in [0, 0.05) is 25.3 Å². The van der Waals surface area contributed by atoms with Crippen molar-refractivity contribution in [3.63, 3.8) is 0 Å². The molecule has 1 unspecified atom stereocenters. The number of hydrogen-bond acceptors (Lipinski definition) is 3. The zero-order valence-electron chi connectivity index (χ0n) is 11.0. The van der Waals surface area contributed by atoms with Crippen molar-refractivity contribution in [2.75, 3.05) is 6.54 Å². The molecule has 0 saturated carbocycles. The van der Waals surface area contributed by atoms with Gasteiger partial charge in [0.2, 0.25) is 10.0 Å². The molecule has 7 heteroatoms. The summed E-state index contributed by atoms with van der Waals surface area (Å²) in [4.78, 5) is 11.1. The molecule has 1 aliphatic rings. The molecule has 0 bridgehead atoms. The highest BCUT2D eigenvalue weighted by Crippen LogP contribution is 2.26. The summed E-state index contributed by atoms with van der Waals surface area (Å²) in [6.07, 6.45) is 3.10. The molecular formula is C12H18N2O4S. The Kier molecular flexibility index (Phi) is 3.69. The van der Waals surface area contributed by atoms with Crippen molar-refractivity contribution in [1.82, 2.24) is 8.87 Å². The van der Waals surface area contributed by atoms with Crippen LogP contribution in [0.15, 0.2) is 17.2 Å². The van der Waals surface area contributed by atoms with Crippen LogP contribution in [-0.2, 0) is 16.6 Å². The molecule has 0 radical (unpaired) electrons. The summed E-state index contributed by atoms with van der Waals surface area (Å²) in [5.74, 6) is -1.11. The number of aryl methyl sites for hydroxylation is 1. The second kappa shape index (κ2) is 4.97. The lowest BCUT2D eigenvalue weighted by Crippen LogP contribution is -2.33. The number of sulfonamides is 1. The molecule has 1 aromatic rings. The molecule has 1 atom stereocenters. The first-order valence-corrected chi connectivity index (χ1v) is 7.77. The van der Waals surface area contributed by atoms with Crippen LogP contribution in [0.3, 0.4) is 0 Å². The third kappa shape index (κ3) is 2.40. The fourth-order valence-corrected chi connectivity index (χ4v) is 4.21. The molecule has 1 aromatic heterocycles. The smallest absolute Gasteiger partial charge is 0.352 e. The second-order valence-electron chi connectivity index (χ2n) is 4.76. The van der Waals surface area contributed by atoms with E-state index in [9.17, 15) is 13.2 Å². The van der Waals surface area contributed by atoms with Gasteiger partial charge in [-0.15, -0.1) is 0 Å².